The first-order chi connectivity index (χ1) is 7.49. The van der Waals surface area contributed by atoms with Crippen molar-refractivity contribution in [3.8, 4) is 5.75 Å². The number of hydrogen-bond acceptors (Lipinski definition) is 3. The molecule has 0 aliphatic heterocycles. The molecule has 16 heavy (non-hydrogen) atoms. The molecular formula is C11H15FN2O2. The molecule has 0 aliphatic rings. The van der Waals surface area contributed by atoms with E-state index in [0.29, 0.717) is 12.1 Å². The number of carbonyl (C=O) groups is 1. The average Bonchev–Trinajstić information content (AvgIpc) is 2.15. The van der Waals surface area contributed by atoms with Crippen LogP contribution >= 0.6 is 0 Å². The summed E-state index contributed by atoms with van der Waals surface area (Å²) in [5, 5.41) is 12.0. The summed E-state index contributed by atoms with van der Waals surface area (Å²) < 4.78 is 12.9. The van der Waals surface area contributed by atoms with E-state index in [1.54, 1.807) is 14.1 Å². The van der Waals surface area contributed by atoms with Crippen LogP contribution in [-0.2, 0) is 11.3 Å². The van der Waals surface area contributed by atoms with Gasteiger partial charge in [-0.2, -0.15) is 0 Å². The Morgan fingerprint density at radius 1 is 1.44 bits per heavy atom. The first kappa shape index (κ1) is 12.4. The zero-order valence-electron chi connectivity index (χ0n) is 9.33. The summed E-state index contributed by atoms with van der Waals surface area (Å²) in [6, 6.07) is 3.80. The van der Waals surface area contributed by atoms with Crippen LogP contribution in [0.5, 0.6) is 5.75 Å². The molecule has 5 heteroatoms. The van der Waals surface area contributed by atoms with E-state index in [2.05, 4.69) is 5.32 Å². The van der Waals surface area contributed by atoms with Gasteiger partial charge in [0.15, 0.2) is 0 Å². The number of benzene rings is 1. The second kappa shape index (κ2) is 5.46. The van der Waals surface area contributed by atoms with E-state index in [1.807, 2.05) is 0 Å². The Kier molecular flexibility index (Phi) is 4.25. The predicted molar refractivity (Wildman–Crippen MR) is 58.5 cm³/mol. The Bertz CT molecular complexity index is 360. The maximum atomic E-state index is 12.9. The number of likely N-dealkylation sites (N-methyl/N-ethyl adjacent to an activating group) is 1. The number of aromatic hydroxyl groups is 1. The number of nitrogens with one attached hydrogen (secondary N) is 1. The van der Waals surface area contributed by atoms with Crippen LogP contribution in [0.4, 0.5) is 4.39 Å². The summed E-state index contributed by atoms with van der Waals surface area (Å²) in [6.07, 6.45) is 0. The first-order valence-corrected chi connectivity index (χ1v) is 4.88. The standard InChI is InChI=1S/C11H15FN2O2/c1-14(2)11(16)7-13-6-8-3-9(12)5-10(15)4-8/h3-5,13,15H,6-7H2,1-2H3. The van der Waals surface area contributed by atoms with Crippen molar-refractivity contribution in [2.24, 2.45) is 0 Å². The van der Waals surface area contributed by atoms with Crippen LogP contribution in [0, 0.1) is 5.82 Å². The molecule has 88 valence electrons. The van der Waals surface area contributed by atoms with Gasteiger partial charge in [-0.05, 0) is 17.7 Å². The number of phenolic OH excluding ortho intramolecular Hbond substituents is 1. The zero-order chi connectivity index (χ0) is 12.1. The van der Waals surface area contributed by atoms with Gasteiger partial charge in [-0.15, -0.1) is 0 Å². The fraction of sp³-hybridized carbons (Fsp3) is 0.364. The summed E-state index contributed by atoms with van der Waals surface area (Å²) in [4.78, 5) is 12.7. The highest BCUT2D eigenvalue weighted by molar-refractivity contribution is 5.77. The Balaban J connectivity index is 2.46. The molecule has 1 rings (SSSR count). The van der Waals surface area contributed by atoms with E-state index in [-0.39, 0.29) is 18.2 Å². The van der Waals surface area contributed by atoms with E-state index >= 15 is 0 Å². The van der Waals surface area contributed by atoms with Gasteiger partial charge in [0.1, 0.15) is 11.6 Å². The van der Waals surface area contributed by atoms with Gasteiger partial charge in [0, 0.05) is 26.7 Å². The number of halogens is 1. The molecule has 0 saturated heterocycles. The second-order valence-corrected chi connectivity index (χ2v) is 3.71. The molecule has 0 aliphatic carbocycles. The van der Waals surface area contributed by atoms with Crippen LogP contribution in [0.25, 0.3) is 0 Å². The number of hydrogen-bond donors (Lipinski definition) is 2. The molecule has 0 unspecified atom stereocenters. The highest BCUT2D eigenvalue weighted by Crippen LogP contribution is 2.14. The lowest BCUT2D eigenvalue weighted by Crippen LogP contribution is -2.32. The van der Waals surface area contributed by atoms with Crippen LogP contribution < -0.4 is 5.32 Å². The lowest BCUT2D eigenvalue weighted by molar-refractivity contribution is -0.127. The Hall–Kier alpha value is -1.62. The number of rotatable bonds is 4. The van der Waals surface area contributed by atoms with E-state index in [0.717, 1.165) is 6.07 Å². The molecule has 4 nitrogen and oxygen atoms in total. The fourth-order valence-corrected chi connectivity index (χ4v) is 1.21. The average molecular weight is 226 g/mol. The Morgan fingerprint density at radius 2 is 2.12 bits per heavy atom. The molecule has 0 spiro atoms. The normalized spacial score (nSPS) is 10.2. The molecule has 1 aromatic carbocycles. The number of nitrogens with zero attached hydrogens (tertiary/aromatic N) is 1. The van der Waals surface area contributed by atoms with E-state index in [4.69, 9.17) is 5.11 Å². The van der Waals surface area contributed by atoms with Gasteiger partial charge in [0.05, 0.1) is 6.54 Å². The van der Waals surface area contributed by atoms with Crippen molar-refractivity contribution < 1.29 is 14.3 Å². The minimum absolute atomic E-state index is 0.0550. The quantitative estimate of drug-likeness (QED) is 0.795. The minimum atomic E-state index is -0.490. The van der Waals surface area contributed by atoms with Crippen LogP contribution in [0.15, 0.2) is 18.2 Å². The zero-order valence-corrected chi connectivity index (χ0v) is 9.33. The summed E-state index contributed by atoms with van der Waals surface area (Å²) >= 11 is 0. The fourth-order valence-electron chi connectivity index (χ4n) is 1.21. The minimum Gasteiger partial charge on any atom is -0.508 e. The topological polar surface area (TPSA) is 52.6 Å². The van der Waals surface area contributed by atoms with Crippen molar-refractivity contribution in [2.45, 2.75) is 6.54 Å². The van der Waals surface area contributed by atoms with Gasteiger partial charge in [-0.25, -0.2) is 4.39 Å². The maximum absolute atomic E-state index is 12.9. The van der Waals surface area contributed by atoms with Crippen molar-refractivity contribution in [1.29, 1.82) is 0 Å². The molecule has 1 amide bonds. The summed E-state index contributed by atoms with van der Waals surface area (Å²) in [5.41, 5.74) is 0.601. The Labute approximate surface area is 93.7 Å². The molecule has 0 heterocycles. The molecule has 0 radical (unpaired) electrons. The summed E-state index contributed by atoms with van der Waals surface area (Å²) in [5.74, 6) is -0.660. The summed E-state index contributed by atoms with van der Waals surface area (Å²) in [6.45, 7) is 0.523. The molecule has 0 saturated carbocycles. The first-order valence-electron chi connectivity index (χ1n) is 4.88. The monoisotopic (exact) mass is 226 g/mol. The third kappa shape index (κ3) is 3.86. The predicted octanol–water partition coefficient (Wildman–Crippen LogP) is 0.709. The van der Waals surface area contributed by atoms with Crippen LogP contribution in [0.3, 0.4) is 0 Å². The third-order valence-corrected chi connectivity index (χ3v) is 2.05. The molecular weight excluding hydrogens is 211 g/mol. The van der Waals surface area contributed by atoms with Crippen molar-refractivity contribution >= 4 is 5.91 Å². The van der Waals surface area contributed by atoms with Crippen LogP contribution in [-0.4, -0.2) is 36.6 Å². The van der Waals surface area contributed by atoms with Gasteiger partial charge >= 0.3 is 0 Å². The van der Waals surface area contributed by atoms with E-state index in [9.17, 15) is 9.18 Å². The molecule has 0 fully saturated rings. The molecule has 0 atom stereocenters. The lowest BCUT2D eigenvalue weighted by Gasteiger charge is -2.11. The molecule has 1 aromatic rings. The second-order valence-electron chi connectivity index (χ2n) is 3.71. The van der Waals surface area contributed by atoms with Crippen molar-refractivity contribution in [3.05, 3.63) is 29.6 Å². The maximum Gasteiger partial charge on any atom is 0.236 e. The van der Waals surface area contributed by atoms with E-state index < -0.39 is 5.82 Å². The van der Waals surface area contributed by atoms with Crippen molar-refractivity contribution in [2.75, 3.05) is 20.6 Å². The summed E-state index contributed by atoms with van der Waals surface area (Å²) in [7, 11) is 3.33. The lowest BCUT2D eigenvalue weighted by atomic mass is 10.2. The van der Waals surface area contributed by atoms with Gasteiger partial charge in [0.2, 0.25) is 5.91 Å². The molecule has 2 N–H and O–H groups in total. The molecule has 0 bridgehead atoms. The largest absolute Gasteiger partial charge is 0.508 e. The SMILES string of the molecule is CN(C)C(=O)CNCc1cc(O)cc(F)c1. The smallest absolute Gasteiger partial charge is 0.236 e. The Morgan fingerprint density at radius 3 is 2.69 bits per heavy atom. The van der Waals surface area contributed by atoms with Gasteiger partial charge in [-0.1, -0.05) is 0 Å². The van der Waals surface area contributed by atoms with Gasteiger partial charge in [-0.3, -0.25) is 4.79 Å². The van der Waals surface area contributed by atoms with Crippen molar-refractivity contribution in [1.82, 2.24) is 10.2 Å². The number of amides is 1. The van der Waals surface area contributed by atoms with Crippen LogP contribution in [0.2, 0.25) is 0 Å². The third-order valence-electron chi connectivity index (χ3n) is 2.05. The number of phenols is 1. The number of carbonyl (C=O) groups excluding carboxylic acids is 1. The van der Waals surface area contributed by atoms with Crippen LogP contribution in [0.1, 0.15) is 5.56 Å². The van der Waals surface area contributed by atoms with E-state index in [1.165, 1.54) is 17.0 Å². The highest BCUT2D eigenvalue weighted by atomic mass is 19.1. The highest BCUT2D eigenvalue weighted by Gasteiger charge is 2.04. The van der Waals surface area contributed by atoms with Gasteiger partial charge in [0.25, 0.3) is 0 Å². The van der Waals surface area contributed by atoms with Crippen molar-refractivity contribution in [3.63, 3.8) is 0 Å². The molecule has 0 aromatic heterocycles. The van der Waals surface area contributed by atoms with Gasteiger partial charge < -0.3 is 15.3 Å².